The Bertz CT molecular complexity index is 933. The number of carbonyl (C=O) groups is 2. The summed E-state index contributed by atoms with van der Waals surface area (Å²) in [6, 6.07) is 10.9. The van der Waals surface area contributed by atoms with Gasteiger partial charge in [-0.15, -0.1) is 0 Å². The van der Waals surface area contributed by atoms with Crippen LogP contribution < -0.4 is 10.1 Å². The summed E-state index contributed by atoms with van der Waals surface area (Å²) in [6.45, 7) is 0. The number of nitro groups is 1. The number of benzene rings is 2. The van der Waals surface area contributed by atoms with Gasteiger partial charge >= 0.3 is 0 Å². The molecule has 0 radical (unpaired) electrons. The maximum atomic E-state index is 12.3. The number of non-ortho nitro benzene ring substituents is 1. The van der Waals surface area contributed by atoms with Crippen LogP contribution in [0.1, 0.15) is 17.2 Å². The fraction of sp³-hybridized carbons (Fsp3) is 0.111. The van der Waals surface area contributed by atoms with Crippen molar-refractivity contribution in [3.05, 3.63) is 75.3 Å². The van der Waals surface area contributed by atoms with Gasteiger partial charge in [-0.25, -0.2) is 0 Å². The normalized spacial score (nSPS) is 18.4. The third kappa shape index (κ3) is 3.00. The van der Waals surface area contributed by atoms with Gasteiger partial charge in [0.25, 0.3) is 17.4 Å². The lowest BCUT2D eigenvalue weighted by Crippen LogP contribution is -2.21. The Labute approximate surface area is 147 Å². The molecule has 8 heteroatoms. The molecule has 1 fully saturated rings. The molecule has 0 spiro atoms. The predicted molar refractivity (Wildman–Crippen MR) is 91.5 cm³/mol. The first-order valence-electron chi connectivity index (χ1n) is 7.59. The van der Waals surface area contributed by atoms with Crippen LogP contribution in [0, 0.1) is 10.1 Å². The minimum absolute atomic E-state index is 0.152. The van der Waals surface area contributed by atoms with Crippen LogP contribution in [-0.2, 0) is 9.59 Å². The lowest BCUT2D eigenvalue weighted by molar-refractivity contribution is -0.384. The van der Waals surface area contributed by atoms with Gasteiger partial charge in [0, 0.05) is 17.7 Å². The van der Waals surface area contributed by atoms with Gasteiger partial charge in [-0.1, -0.05) is 12.1 Å². The van der Waals surface area contributed by atoms with Crippen LogP contribution in [0.15, 0.2) is 54.1 Å². The van der Waals surface area contributed by atoms with E-state index in [9.17, 15) is 24.8 Å². The van der Waals surface area contributed by atoms with E-state index in [1.54, 1.807) is 24.3 Å². The van der Waals surface area contributed by atoms with Crippen molar-refractivity contribution < 1.29 is 24.4 Å². The molecule has 0 aromatic heterocycles. The van der Waals surface area contributed by atoms with Gasteiger partial charge in [0.2, 0.25) is 0 Å². The quantitative estimate of drug-likeness (QED) is 0.286. The van der Waals surface area contributed by atoms with E-state index in [1.165, 1.54) is 31.4 Å². The van der Waals surface area contributed by atoms with Crippen LogP contribution in [0.25, 0.3) is 5.76 Å². The Hall–Kier alpha value is -3.68. The Morgan fingerprint density at radius 1 is 1.19 bits per heavy atom. The molecule has 2 aromatic rings. The summed E-state index contributed by atoms with van der Waals surface area (Å²) in [5.41, 5.74) is 0.314. The number of hydrogen-bond donors (Lipinski definition) is 2. The third-order valence-electron chi connectivity index (χ3n) is 4.05. The average molecular weight is 354 g/mol. The molecule has 1 aliphatic rings. The number of hydrogen-bond acceptors (Lipinski definition) is 6. The number of Topliss-reactive ketones (excluding diaryl/α,β-unsaturated/α-hetero) is 1. The van der Waals surface area contributed by atoms with Crippen molar-refractivity contribution in [2.45, 2.75) is 6.04 Å². The van der Waals surface area contributed by atoms with Crippen molar-refractivity contribution in [1.82, 2.24) is 5.32 Å². The van der Waals surface area contributed by atoms with Gasteiger partial charge in [-0.2, -0.15) is 0 Å². The van der Waals surface area contributed by atoms with E-state index >= 15 is 0 Å². The minimum atomic E-state index is -0.975. The maximum absolute atomic E-state index is 12.3. The molecule has 132 valence electrons. The van der Waals surface area contributed by atoms with Crippen molar-refractivity contribution >= 4 is 23.1 Å². The number of carbonyl (C=O) groups excluding carboxylic acids is 2. The number of ether oxygens (including phenoxy) is 1. The smallest absolute Gasteiger partial charge is 0.293 e. The molecule has 0 bridgehead atoms. The highest BCUT2D eigenvalue weighted by molar-refractivity contribution is 6.46. The van der Waals surface area contributed by atoms with Crippen LogP contribution in [-0.4, -0.2) is 28.8 Å². The van der Waals surface area contributed by atoms with Gasteiger partial charge in [0.1, 0.15) is 11.5 Å². The summed E-state index contributed by atoms with van der Waals surface area (Å²) in [7, 11) is 1.49. The lowest BCUT2D eigenvalue weighted by Gasteiger charge is -2.13. The molecule has 8 nitrogen and oxygen atoms in total. The first-order valence-corrected chi connectivity index (χ1v) is 7.59. The minimum Gasteiger partial charge on any atom is -0.507 e. The molecule has 26 heavy (non-hydrogen) atoms. The molecule has 1 amide bonds. The van der Waals surface area contributed by atoms with Crippen molar-refractivity contribution in [3.63, 3.8) is 0 Å². The SMILES string of the molecule is COc1ccc(/C(O)=C2\C(=O)C(=O)NC2c2cccc([N+](=O)[O-])c2)cc1. The summed E-state index contributed by atoms with van der Waals surface area (Å²) in [5, 5.41) is 24.0. The molecule has 0 saturated carbocycles. The van der Waals surface area contributed by atoms with Crippen molar-refractivity contribution in [1.29, 1.82) is 0 Å². The number of nitro benzene ring substituents is 1. The standard InChI is InChI=1S/C18H14N2O6/c1-26-13-7-5-10(6-8-13)16(21)14-15(19-18(23)17(14)22)11-3-2-4-12(9-11)20(24)25/h2-9,15,21H,1H3,(H,19,23)/b16-14+. The van der Waals surface area contributed by atoms with Crippen LogP contribution in [0.3, 0.4) is 0 Å². The first-order chi connectivity index (χ1) is 12.4. The van der Waals surface area contributed by atoms with E-state index in [0.717, 1.165) is 0 Å². The highest BCUT2D eigenvalue weighted by atomic mass is 16.6. The van der Waals surface area contributed by atoms with Gasteiger partial charge in [0.05, 0.1) is 23.6 Å². The summed E-state index contributed by atoms with van der Waals surface area (Å²) < 4.78 is 5.04. The van der Waals surface area contributed by atoms with Crippen LogP contribution in [0.5, 0.6) is 5.75 Å². The van der Waals surface area contributed by atoms with E-state index < -0.39 is 22.7 Å². The van der Waals surface area contributed by atoms with Gasteiger partial charge < -0.3 is 15.2 Å². The first kappa shape index (κ1) is 17.2. The number of ketones is 1. The molecule has 0 aliphatic carbocycles. The number of aliphatic hydroxyl groups excluding tert-OH is 1. The van der Waals surface area contributed by atoms with Gasteiger partial charge in [0.15, 0.2) is 0 Å². The summed E-state index contributed by atoms with van der Waals surface area (Å²) >= 11 is 0. The largest absolute Gasteiger partial charge is 0.507 e. The summed E-state index contributed by atoms with van der Waals surface area (Å²) in [5.74, 6) is -1.56. The number of rotatable bonds is 4. The highest BCUT2D eigenvalue weighted by Gasteiger charge is 2.39. The molecular weight excluding hydrogens is 340 g/mol. The third-order valence-corrected chi connectivity index (χ3v) is 4.05. The van der Waals surface area contributed by atoms with Crippen LogP contribution in [0.2, 0.25) is 0 Å². The van der Waals surface area contributed by atoms with E-state index in [2.05, 4.69) is 5.32 Å². The Morgan fingerprint density at radius 2 is 1.88 bits per heavy atom. The average Bonchev–Trinajstić information content (AvgIpc) is 2.96. The van der Waals surface area contributed by atoms with Crippen LogP contribution >= 0.6 is 0 Å². The number of nitrogens with one attached hydrogen (secondary N) is 1. The zero-order valence-corrected chi connectivity index (χ0v) is 13.6. The molecule has 1 saturated heterocycles. The van der Waals surface area contributed by atoms with Crippen LogP contribution in [0.4, 0.5) is 5.69 Å². The van der Waals surface area contributed by atoms with Crippen molar-refractivity contribution in [2.24, 2.45) is 0 Å². The molecule has 1 heterocycles. The number of amides is 1. The predicted octanol–water partition coefficient (Wildman–Crippen LogP) is 2.31. The molecule has 1 aliphatic heterocycles. The van der Waals surface area contributed by atoms with E-state index in [4.69, 9.17) is 4.74 Å². The maximum Gasteiger partial charge on any atom is 0.293 e. The Kier molecular flexibility index (Phi) is 4.40. The topological polar surface area (TPSA) is 119 Å². The Balaban J connectivity index is 2.09. The number of aliphatic hydroxyl groups is 1. The number of nitrogens with zero attached hydrogens (tertiary/aromatic N) is 1. The second-order valence-electron chi connectivity index (χ2n) is 5.58. The van der Waals surface area contributed by atoms with E-state index in [-0.39, 0.29) is 17.0 Å². The van der Waals surface area contributed by atoms with E-state index in [0.29, 0.717) is 16.9 Å². The Morgan fingerprint density at radius 3 is 2.50 bits per heavy atom. The summed E-state index contributed by atoms with van der Waals surface area (Å²) in [4.78, 5) is 34.5. The summed E-state index contributed by atoms with van der Waals surface area (Å²) in [6.07, 6.45) is 0. The van der Waals surface area contributed by atoms with Crippen molar-refractivity contribution in [2.75, 3.05) is 7.11 Å². The molecular formula is C18H14N2O6. The fourth-order valence-electron chi connectivity index (χ4n) is 2.74. The monoisotopic (exact) mass is 354 g/mol. The molecule has 2 aromatic carbocycles. The molecule has 1 atom stereocenters. The van der Waals surface area contributed by atoms with Gasteiger partial charge in [-0.3, -0.25) is 19.7 Å². The second-order valence-corrected chi connectivity index (χ2v) is 5.58. The lowest BCUT2D eigenvalue weighted by atomic mass is 9.95. The number of methoxy groups -OCH3 is 1. The van der Waals surface area contributed by atoms with E-state index in [1.807, 2.05) is 0 Å². The van der Waals surface area contributed by atoms with Crippen molar-refractivity contribution in [3.8, 4) is 5.75 Å². The zero-order chi connectivity index (χ0) is 18.8. The van der Waals surface area contributed by atoms with Gasteiger partial charge in [-0.05, 0) is 29.8 Å². The molecule has 1 unspecified atom stereocenters. The molecule has 3 rings (SSSR count). The second kappa shape index (κ2) is 6.67. The highest BCUT2D eigenvalue weighted by Crippen LogP contribution is 2.34. The zero-order valence-electron chi connectivity index (χ0n) is 13.6. The molecule has 2 N–H and O–H groups in total. The fourth-order valence-corrected chi connectivity index (χ4v) is 2.74.